The van der Waals surface area contributed by atoms with Crippen LogP contribution < -0.4 is 9.47 Å². The van der Waals surface area contributed by atoms with Crippen LogP contribution in [-0.2, 0) is 17.8 Å². The summed E-state index contributed by atoms with van der Waals surface area (Å²) in [7, 11) is 3.46. The predicted molar refractivity (Wildman–Crippen MR) is 66.0 cm³/mol. The van der Waals surface area contributed by atoms with Crippen molar-refractivity contribution >= 4 is 5.97 Å². The maximum absolute atomic E-state index is 11.1. The molecule has 98 valence electrons. The Morgan fingerprint density at radius 2 is 2.11 bits per heavy atom. The lowest BCUT2D eigenvalue weighted by molar-refractivity contribution is -0.131. The molecule has 0 saturated heterocycles. The standard InChI is InChI=1S/C13H17NO4/c1-8(15)18-11-6-12(17-3)13(16)10-7-14(2)5-4-9(10)11/h6,16H,4-5,7H2,1-3H3. The average Bonchev–Trinajstić information content (AvgIpc) is 2.32. The third-order valence-corrected chi connectivity index (χ3v) is 3.09. The van der Waals surface area contributed by atoms with Crippen LogP contribution in [0, 0.1) is 0 Å². The second-order valence-corrected chi connectivity index (χ2v) is 4.46. The molecule has 0 spiro atoms. The number of methoxy groups -OCH3 is 1. The number of rotatable bonds is 2. The molecule has 1 aliphatic heterocycles. The Balaban J connectivity index is 2.53. The number of aromatic hydroxyl groups is 1. The lowest BCUT2D eigenvalue weighted by Gasteiger charge is -2.27. The second kappa shape index (κ2) is 4.86. The van der Waals surface area contributed by atoms with Gasteiger partial charge >= 0.3 is 5.97 Å². The normalized spacial score (nSPS) is 15.1. The maximum atomic E-state index is 11.1. The number of phenols is 1. The van der Waals surface area contributed by atoms with Crippen LogP contribution in [0.15, 0.2) is 6.07 Å². The molecule has 0 unspecified atom stereocenters. The molecule has 5 nitrogen and oxygen atoms in total. The third kappa shape index (κ3) is 2.26. The van der Waals surface area contributed by atoms with Gasteiger partial charge in [-0.25, -0.2) is 0 Å². The highest BCUT2D eigenvalue weighted by Crippen LogP contribution is 2.41. The highest BCUT2D eigenvalue weighted by atomic mass is 16.5. The summed E-state index contributed by atoms with van der Waals surface area (Å²) in [6.45, 7) is 2.85. The van der Waals surface area contributed by atoms with Crippen molar-refractivity contribution in [1.82, 2.24) is 4.90 Å². The topological polar surface area (TPSA) is 59.0 Å². The van der Waals surface area contributed by atoms with Gasteiger partial charge in [0.05, 0.1) is 7.11 Å². The quantitative estimate of drug-likeness (QED) is 0.634. The molecule has 0 atom stereocenters. The van der Waals surface area contributed by atoms with Gasteiger partial charge < -0.3 is 19.5 Å². The van der Waals surface area contributed by atoms with E-state index < -0.39 is 0 Å². The molecule has 1 heterocycles. The van der Waals surface area contributed by atoms with Crippen LogP contribution in [0.3, 0.4) is 0 Å². The van der Waals surface area contributed by atoms with Gasteiger partial charge in [-0.3, -0.25) is 4.79 Å². The molecule has 0 aliphatic carbocycles. The number of hydrogen-bond acceptors (Lipinski definition) is 5. The summed E-state index contributed by atoms with van der Waals surface area (Å²) in [5.74, 6) is 0.583. The lowest BCUT2D eigenvalue weighted by atomic mass is 9.97. The van der Waals surface area contributed by atoms with Gasteiger partial charge in [-0.15, -0.1) is 0 Å². The monoisotopic (exact) mass is 251 g/mol. The molecule has 1 aromatic carbocycles. The van der Waals surface area contributed by atoms with Crippen LogP contribution in [0.25, 0.3) is 0 Å². The van der Waals surface area contributed by atoms with Gasteiger partial charge in [-0.2, -0.15) is 0 Å². The van der Waals surface area contributed by atoms with E-state index in [-0.39, 0.29) is 11.7 Å². The highest BCUT2D eigenvalue weighted by molar-refractivity contribution is 5.71. The summed E-state index contributed by atoms with van der Waals surface area (Å²) in [6, 6.07) is 1.57. The molecule has 2 rings (SSSR count). The number of likely N-dealkylation sites (N-methyl/N-ethyl adjacent to an activating group) is 1. The van der Waals surface area contributed by atoms with Crippen molar-refractivity contribution in [3.8, 4) is 17.2 Å². The molecule has 5 heteroatoms. The first-order valence-corrected chi connectivity index (χ1v) is 5.81. The first kappa shape index (κ1) is 12.7. The van der Waals surface area contributed by atoms with E-state index in [0.717, 1.165) is 24.1 Å². The van der Waals surface area contributed by atoms with Crippen molar-refractivity contribution < 1.29 is 19.4 Å². The van der Waals surface area contributed by atoms with E-state index in [9.17, 15) is 9.90 Å². The first-order valence-electron chi connectivity index (χ1n) is 5.81. The molecule has 0 bridgehead atoms. The molecule has 0 radical (unpaired) electrons. The number of hydrogen-bond donors (Lipinski definition) is 1. The number of esters is 1. The number of nitrogens with zero attached hydrogens (tertiary/aromatic N) is 1. The number of carbonyl (C=O) groups excluding carboxylic acids is 1. The van der Waals surface area contributed by atoms with Gasteiger partial charge in [0.15, 0.2) is 11.5 Å². The zero-order chi connectivity index (χ0) is 13.3. The Kier molecular flexibility index (Phi) is 3.43. The minimum absolute atomic E-state index is 0.134. The van der Waals surface area contributed by atoms with Crippen LogP contribution in [0.4, 0.5) is 0 Å². The zero-order valence-electron chi connectivity index (χ0n) is 10.8. The number of carbonyl (C=O) groups is 1. The SMILES string of the molecule is COc1cc(OC(C)=O)c2c(c1O)CN(C)CC2. The van der Waals surface area contributed by atoms with Gasteiger partial charge in [0.1, 0.15) is 5.75 Å². The summed E-state index contributed by atoms with van der Waals surface area (Å²) >= 11 is 0. The fraction of sp³-hybridized carbons (Fsp3) is 0.462. The van der Waals surface area contributed by atoms with E-state index >= 15 is 0 Å². The minimum Gasteiger partial charge on any atom is -0.504 e. The second-order valence-electron chi connectivity index (χ2n) is 4.46. The maximum Gasteiger partial charge on any atom is 0.308 e. The van der Waals surface area contributed by atoms with Gasteiger partial charge in [0, 0.05) is 37.2 Å². The molecule has 0 amide bonds. The van der Waals surface area contributed by atoms with E-state index in [4.69, 9.17) is 9.47 Å². The molecule has 0 fully saturated rings. The van der Waals surface area contributed by atoms with E-state index in [2.05, 4.69) is 4.90 Å². The average molecular weight is 251 g/mol. The number of fused-ring (bicyclic) bond motifs is 1. The van der Waals surface area contributed by atoms with Gasteiger partial charge in [-0.1, -0.05) is 0 Å². The van der Waals surface area contributed by atoms with Crippen LogP contribution >= 0.6 is 0 Å². The van der Waals surface area contributed by atoms with Crippen LogP contribution in [0.5, 0.6) is 17.2 Å². The summed E-state index contributed by atoms with van der Waals surface area (Å²) in [5, 5.41) is 10.1. The third-order valence-electron chi connectivity index (χ3n) is 3.09. The molecule has 0 saturated carbocycles. The Morgan fingerprint density at radius 3 is 2.72 bits per heavy atom. The van der Waals surface area contributed by atoms with E-state index in [1.165, 1.54) is 14.0 Å². The number of benzene rings is 1. The van der Waals surface area contributed by atoms with Crippen molar-refractivity contribution in [2.45, 2.75) is 19.9 Å². The Bertz CT molecular complexity index is 484. The van der Waals surface area contributed by atoms with Gasteiger partial charge in [0.2, 0.25) is 0 Å². The highest BCUT2D eigenvalue weighted by Gasteiger charge is 2.24. The summed E-state index contributed by atoms with van der Waals surface area (Å²) in [6.07, 6.45) is 0.742. The van der Waals surface area contributed by atoms with Crippen molar-refractivity contribution in [2.75, 3.05) is 20.7 Å². The molecule has 18 heavy (non-hydrogen) atoms. The van der Waals surface area contributed by atoms with E-state index in [1.54, 1.807) is 6.07 Å². The van der Waals surface area contributed by atoms with Crippen LogP contribution in [-0.4, -0.2) is 36.7 Å². The van der Waals surface area contributed by atoms with E-state index in [1.807, 2.05) is 7.05 Å². The van der Waals surface area contributed by atoms with Gasteiger partial charge in [0.25, 0.3) is 0 Å². The zero-order valence-corrected chi connectivity index (χ0v) is 10.8. The Labute approximate surface area is 106 Å². The molecule has 0 aromatic heterocycles. The summed E-state index contributed by atoms with van der Waals surface area (Å²) in [4.78, 5) is 13.2. The van der Waals surface area contributed by atoms with Crippen LogP contribution in [0.1, 0.15) is 18.1 Å². The molecule has 1 aliphatic rings. The number of phenolic OH excluding ortho intramolecular Hbond substituents is 1. The first-order chi connectivity index (χ1) is 8.52. The fourth-order valence-electron chi connectivity index (χ4n) is 2.21. The van der Waals surface area contributed by atoms with Crippen molar-refractivity contribution in [3.05, 3.63) is 17.2 Å². The summed E-state index contributed by atoms with van der Waals surface area (Å²) in [5.41, 5.74) is 1.67. The predicted octanol–water partition coefficient (Wildman–Crippen LogP) is 1.31. The molecule has 1 N–H and O–H groups in total. The van der Waals surface area contributed by atoms with E-state index in [0.29, 0.717) is 18.0 Å². The van der Waals surface area contributed by atoms with Crippen molar-refractivity contribution in [3.63, 3.8) is 0 Å². The largest absolute Gasteiger partial charge is 0.504 e. The number of ether oxygens (including phenoxy) is 2. The molecular weight excluding hydrogens is 234 g/mol. The lowest BCUT2D eigenvalue weighted by Crippen LogP contribution is -2.27. The smallest absolute Gasteiger partial charge is 0.308 e. The van der Waals surface area contributed by atoms with Gasteiger partial charge in [-0.05, 0) is 13.5 Å². The minimum atomic E-state index is -0.371. The molecule has 1 aromatic rings. The van der Waals surface area contributed by atoms with Crippen molar-refractivity contribution in [1.29, 1.82) is 0 Å². The fourth-order valence-corrected chi connectivity index (χ4v) is 2.21. The Morgan fingerprint density at radius 1 is 1.39 bits per heavy atom. The van der Waals surface area contributed by atoms with Crippen molar-refractivity contribution in [2.24, 2.45) is 0 Å². The van der Waals surface area contributed by atoms with Crippen LogP contribution in [0.2, 0.25) is 0 Å². The summed E-state index contributed by atoms with van der Waals surface area (Å²) < 4.78 is 10.3. The Hall–Kier alpha value is -1.75. The molecular formula is C13H17NO4.